The number of amides is 1. The predicted octanol–water partition coefficient (Wildman–Crippen LogP) is 0.787. The van der Waals surface area contributed by atoms with Gasteiger partial charge in [-0.15, -0.1) is 0 Å². The number of benzene rings is 1. The number of nitrogens with zero attached hydrogens (tertiary/aromatic N) is 1. The summed E-state index contributed by atoms with van der Waals surface area (Å²) in [6.07, 6.45) is 0.994. The van der Waals surface area contributed by atoms with Crippen LogP contribution in [0.15, 0.2) is 30.3 Å². The summed E-state index contributed by atoms with van der Waals surface area (Å²) in [4.78, 5) is 13.4. The van der Waals surface area contributed by atoms with E-state index in [1.54, 1.807) is 0 Å². The van der Waals surface area contributed by atoms with Gasteiger partial charge in [0, 0.05) is 19.0 Å². The topological polar surface area (TPSA) is 58.4 Å². The number of carbonyl (C=O) groups excluding carboxylic acids is 1. The second-order valence-electron chi connectivity index (χ2n) is 4.41. The maximum atomic E-state index is 11.3. The Labute approximate surface area is 103 Å². The third kappa shape index (κ3) is 4.97. The second kappa shape index (κ2) is 7.04. The first-order valence-corrected chi connectivity index (χ1v) is 5.86. The Balaban J connectivity index is 2.30. The molecule has 0 radical (unpaired) electrons. The zero-order chi connectivity index (χ0) is 12.7. The van der Waals surface area contributed by atoms with E-state index < -0.39 is 0 Å². The van der Waals surface area contributed by atoms with Gasteiger partial charge in [0.1, 0.15) is 0 Å². The minimum Gasteiger partial charge on any atom is -0.305 e. The van der Waals surface area contributed by atoms with Crippen LogP contribution in [0.3, 0.4) is 0 Å². The standard InChI is InChI=1S/C13H21N3O/c1-11(13(17)15-14)10-16(2)9-8-12-6-4-3-5-7-12/h3-7,11H,8-10,14H2,1-2H3,(H,15,17). The second-order valence-corrected chi connectivity index (χ2v) is 4.41. The lowest BCUT2D eigenvalue weighted by Gasteiger charge is -2.20. The monoisotopic (exact) mass is 235 g/mol. The van der Waals surface area contributed by atoms with Crippen molar-refractivity contribution in [2.24, 2.45) is 11.8 Å². The van der Waals surface area contributed by atoms with E-state index in [1.807, 2.05) is 32.2 Å². The Kier molecular flexibility index (Phi) is 5.66. The van der Waals surface area contributed by atoms with Crippen molar-refractivity contribution in [1.29, 1.82) is 0 Å². The molecular formula is C13H21N3O. The van der Waals surface area contributed by atoms with Gasteiger partial charge in [0.25, 0.3) is 0 Å². The van der Waals surface area contributed by atoms with Crippen LogP contribution < -0.4 is 11.3 Å². The van der Waals surface area contributed by atoms with Gasteiger partial charge in [-0.25, -0.2) is 5.84 Å². The average molecular weight is 235 g/mol. The lowest BCUT2D eigenvalue weighted by molar-refractivity contribution is -0.125. The lowest BCUT2D eigenvalue weighted by Crippen LogP contribution is -2.39. The SMILES string of the molecule is CC(CN(C)CCc1ccccc1)C(=O)NN. The van der Waals surface area contributed by atoms with Crippen molar-refractivity contribution >= 4 is 5.91 Å². The lowest BCUT2D eigenvalue weighted by atomic mass is 10.1. The van der Waals surface area contributed by atoms with Crippen LogP contribution in [0.5, 0.6) is 0 Å². The molecular weight excluding hydrogens is 214 g/mol. The molecule has 0 aliphatic rings. The van der Waals surface area contributed by atoms with Gasteiger partial charge in [0.15, 0.2) is 0 Å². The largest absolute Gasteiger partial charge is 0.305 e. The number of hydrazine groups is 1. The van der Waals surface area contributed by atoms with Gasteiger partial charge in [0.05, 0.1) is 0 Å². The molecule has 0 aromatic heterocycles. The Morgan fingerprint density at radius 2 is 2.06 bits per heavy atom. The van der Waals surface area contributed by atoms with Gasteiger partial charge >= 0.3 is 0 Å². The highest BCUT2D eigenvalue weighted by Crippen LogP contribution is 2.03. The van der Waals surface area contributed by atoms with E-state index in [1.165, 1.54) is 5.56 Å². The van der Waals surface area contributed by atoms with E-state index in [2.05, 4.69) is 22.5 Å². The van der Waals surface area contributed by atoms with Crippen LogP contribution in [0.1, 0.15) is 12.5 Å². The molecule has 4 heteroatoms. The van der Waals surface area contributed by atoms with Crippen molar-refractivity contribution in [2.75, 3.05) is 20.1 Å². The quantitative estimate of drug-likeness (QED) is 0.435. The van der Waals surface area contributed by atoms with Crippen molar-refractivity contribution < 1.29 is 4.79 Å². The molecule has 0 aliphatic carbocycles. The van der Waals surface area contributed by atoms with Crippen LogP contribution in [0, 0.1) is 5.92 Å². The molecule has 1 amide bonds. The molecule has 0 fully saturated rings. The molecule has 1 aromatic carbocycles. The first-order valence-electron chi connectivity index (χ1n) is 5.86. The van der Waals surface area contributed by atoms with Gasteiger partial charge in [0.2, 0.25) is 5.91 Å². The van der Waals surface area contributed by atoms with Crippen molar-refractivity contribution in [2.45, 2.75) is 13.3 Å². The van der Waals surface area contributed by atoms with Gasteiger partial charge in [-0.05, 0) is 19.0 Å². The normalized spacial score (nSPS) is 12.5. The number of rotatable bonds is 6. The third-order valence-corrected chi connectivity index (χ3v) is 2.80. The maximum absolute atomic E-state index is 11.3. The number of carbonyl (C=O) groups is 1. The van der Waals surface area contributed by atoms with Gasteiger partial charge in [-0.3, -0.25) is 10.2 Å². The van der Waals surface area contributed by atoms with Crippen molar-refractivity contribution in [3.8, 4) is 0 Å². The minimum absolute atomic E-state index is 0.0826. The summed E-state index contributed by atoms with van der Waals surface area (Å²) < 4.78 is 0. The van der Waals surface area contributed by atoms with Crippen molar-refractivity contribution in [1.82, 2.24) is 10.3 Å². The summed E-state index contributed by atoms with van der Waals surface area (Å²) in [5, 5.41) is 0. The van der Waals surface area contributed by atoms with E-state index in [9.17, 15) is 4.79 Å². The van der Waals surface area contributed by atoms with Crippen molar-refractivity contribution in [3.63, 3.8) is 0 Å². The highest BCUT2D eigenvalue weighted by molar-refractivity contribution is 5.77. The fourth-order valence-electron chi connectivity index (χ4n) is 1.75. The highest BCUT2D eigenvalue weighted by atomic mass is 16.2. The maximum Gasteiger partial charge on any atom is 0.237 e. The number of nitrogens with one attached hydrogen (secondary N) is 1. The van der Waals surface area contributed by atoms with Crippen LogP contribution in [0.25, 0.3) is 0 Å². The molecule has 1 unspecified atom stereocenters. The molecule has 1 aromatic rings. The number of hydrogen-bond donors (Lipinski definition) is 2. The number of nitrogens with two attached hydrogens (primary N) is 1. The van der Waals surface area contributed by atoms with Crippen LogP contribution in [-0.4, -0.2) is 30.9 Å². The fraction of sp³-hybridized carbons (Fsp3) is 0.462. The van der Waals surface area contributed by atoms with Crippen LogP contribution in [-0.2, 0) is 11.2 Å². The first-order chi connectivity index (χ1) is 8.13. The van der Waals surface area contributed by atoms with Crippen LogP contribution in [0.2, 0.25) is 0 Å². The van der Waals surface area contributed by atoms with Crippen molar-refractivity contribution in [3.05, 3.63) is 35.9 Å². The summed E-state index contributed by atoms with van der Waals surface area (Å²) >= 11 is 0. The zero-order valence-electron chi connectivity index (χ0n) is 10.5. The molecule has 17 heavy (non-hydrogen) atoms. The Morgan fingerprint density at radius 3 is 2.65 bits per heavy atom. The summed E-state index contributed by atoms with van der Waals surface area (Å²) in [5.41, 5.74) is 3.49. The fourth-order valence-corrected chi connectivity index (χ4v) is 1.75. The third-order valence-electron chi connectivity index (χ3n) is 2.80. The number of hydrogen-bond acceptors (Lipinski definition) is 3. The molecule has 0 saturated heterocycles. The van der Waals surface area contributed by atoms with E-state index in [-0.39, 0.29) is 11.8 Å². The molecule has 94 valence electrons. The summed E-state index contributed by atoms with van der Waals surface area (Å²) in [5.74, 6) is 4.90. The summed E-state index contributed by atoms with van der Waals surface area (Å²) in [7, 11) is 2.02. The molecule has 0 aliphatic heterocycles. The molecule has 0 heterocycles. The van der Waals surface area contributed by atoms with E-state index in [0.29, 0.717) is 0 Å². The molecule has 3 N–H and O–H groups in total. The Hall–Kier alpha value is -1.39. The van der Waals surface area contributed by atoms with E-state index in [0.717, 1.165) is 19.5 Å². The smallest absolute Gasteiger partial charge is 0.237 e. The first kappa shape index (κ1) is 13.7. The molecule has 4 nitrogen and oxygen atoms in total. The number of likely N-dealkylation sites (N-methyl/N-ethyl adjacent to an activating group) is 1. The zero-order valence-corrected chi connectivity index (χ0v) is 10.5. The summed E-state index contributed by atoms with van der Waals surface area (Å²) in [6, 6.07) is 10.3. The Bertz CT molecular complexity index is 340. The molecule has 0 saturated carbocycles. The van der Waals surface area contributed by atoms with Crippen LogP contribution >= 0.6 is 0 Å². The van der Waals surface area contributed by atoms with E-state index >= 15 is 0 Å². The molecule has 0 spiro atoms. The molecule has 1 rings (SSSR count). The predicted molar refractivity (Wildman–Crippen MR) is 69.1 cm³/mol. The van der Waals surface area contributed by atoms with Gasteiger partial charge in [-0.1, -0.05) is 37.3 Å². The molecule has 0 bridgehead atoms. The molecule has 1 atom stereocenters. The van der Waals surface area contributed by atoms with Gasteiger partial charge < -0.3 is 4.90 Å². The van der Waals surface area contributed by atoms with E-state index in [4.69, 9.17) is 5.84 Å². The highest BCUT2D eigenvalue weighted by Gasteiger charge is 2.13. The van der Waals surface area contributed by atoms with Gasteiger partial charge in [-0.2, -0.15) is 0 Å². The van der Waals surface area contributed by atoms with Crippen LogP contribution in [0.4, 0.5) is 0 Å². The Morgan fingerprint density at radius 1 is 1.41 bits per heavy atom. The minimum atomic E-state index is -0.114. The summed E-state index contributed by atoms with van der Waals surface area (Å²) in [6.45, 7) is 3.53. The average Bonchev–Trinajstić information content (AvgIpc) is 2.36.